The molecular weight excluding hydrogens is 533 g/mol. The summed E-state index contributed by atoms with van der Waals surface area (Å²) < 4.78 is 94.0. The quantitative estimate of drug-likeness (QED) is 0.462. The molecule has 3 atom stereocenters. The van der Waals surface area contributed by atoms with Gasteiger partial charge in [0, 0.05) is 36.1 Å². The molecule has 2 aromatic heterocycles. The molecule has 0 bridgehead atoms. The molecule has 38 heavy (non-hydrogen) atoms. The Bertz CT molecular complexity index is 1450. The molecule has 202 valence electrons. The maximum Gasteiger partial charge on any atom is 0.451 e. The number of carbonyl (C=O) groups excluding carboxylic acids is 1. The van der Waals surface area contributed by atoms with Crippen LogP contribution in [-0.2, 0) is 27.5 Å². The van der Waals surface area contributed by atoms with Crippen LogP contribution in [0, 0.1) is 17.6 Å². The van der Waals surface area contributed by atoms with Crippen molar-refractivity contribution < 1.29 is 35.2 Å². The van der Waals surface area contributed by atoms with E-state index in [-0.39, 0.29) is 40.6 Å². The van der Waals surface area contributed by atoms with E-state index < -0.39 is 51.6 Å². The highest BCUT2D eigenvalue weighted by molar-refractivity contribution is 7.89. The lowest BCUT2D eigenvalue weighted by Crippen LogP contribution is -2.48. The Morgan fingerprint density at radius 2 is 1.76 bits per heavy atom. The molecule has 1 aliphatic rings. The number of nitrogens with one attached hydrogen (secondary N) is 1. The van der Waals surface area contributed by atoms with E-state index in [1.165, 1.54) is 18.2 Å². The largest absolute Gasteiger partial charge is 0.451 e. The van der Waals surface area contributed by atoms with Gasteiger partial charge in [0.15, 0.2) is 0 Å². The summed E-state index contributed by atoms with van der Waals surface area (Å²) in [4.78, 5) is 23.2. The van der Waals surface area contributed by atoms with Crippen molar-refractivity contribution in [2.24, 2.45) is 5.92 Å². The monoisotopic (exact) mass is 555 g/mol. The fourth-order valence-electron chi connectivity index (χ4n) is 4.23. The number of sulfonamides is 1. The minimum atomic E-state index is -4.73. The van der Waals surface area contributed by atoms with E-state index in [2.05, 4.69) is 20.3 Å². The molecule has 0 aliphatic carbocycles. The van der Waals surface area contributed by atoms with E-state index in [0.29, 0.717) is 0 Å². The molecule has 14 heteroatoms. The molecule has 0 saturated carbocycles. The average molecular weight is 556 g/mol. The number of nitrogens with zero attached hydrogens (tertiary/aromatic N) is 4. The average Bonchev–Trinajstić information content (AvgIpc) is 3.17. The third-order valence-electron chi connectivity index (χ3n) is 6.39. The number of aromatic nitrogens is 3. The number of carbonyl (C=O) groups is 1. The predicted molar refractivity (Wildman–Crippen MR) is 125 cm³/mol. The molecule has 3 aromatic rings. The predicted octanol–water partition coefficient (Wildman–Crippen LogP) is 3.94. The van der Waals surface area contributed by atoms with Gasteiger partial charge in [0.25, 0.3) is 0 Å². The van der Waals surface area contributed by atoms with Gasteiger partial charge in [-0.05, 0) is 43.5 Å². The van der Waals surface area contributed by atoms with E-state index in [0.717, 1.165) is 35.0 Å². The van der Waals surface area contributed by atoms with Gasteiger partial charge in [-0.25, -0.2) is 27.2 Å². The Morgan fingerprint density at radius 3 is 2.39 bits per heavy atom. The normalized spacial score (nSPS) is 20.4. The first kappa shape index (κ1) is 27.5. The van der Waals surface area contributed by atoms with Crippen molar-refractivity contribution in [1.29, 1.82) is 0 Å². The van der Waals surface area contributed by atoms with Gasteiger partial charge in [-0.2, -0.15) is 17.5 Å². The van der Waals surface area contributed by atoms with Gasteiger partial charge in [-0.3, -0.25) is 9.78 Å². The highest BCUT2D eigenvalue weighted by atomic mass is 32.2. The third kappa shape index (κ3) is 5.50. The Morgan fingerprint density at radius 1 is 1.08 bits per heavy atom. The zero-order valence-corrected chi connectivity index (χ0v) is 20.9. The van der Waals surface area contributed by atoms with Gasteiger partial charge in [0.05, 0.1) is 16.8 Å². The van der Waals surface area contributed by atoms with Crippen LogP contribution < -0.4 is 5.32 Å². The van der Waals surface area contributed by atoms with Crippen molar-refractivity contribution in [2.45, 2.75) is 50.0 Å². The highest BCUT2D eigenvalue weighted by Crippen LogP contribution is 2.35. The van der Waals surface area contributed by atoms with Crippen LogP contribution in [0.1, 0.15) is 31.7 Å². The zero-order valence-electron chi connectivity index (χ0n) is 20.1. The van der Waals surface area contributed by atoms with Crippen LogP contribution >= 0.6 is 0 Å². The lowest BCUT2D eigenvalue weighted by Gasteiger charge is -2.27. The first-order valence-corrected chi connectivity index (χ1v) is 12.8. The summed E-state index contributed by atoms with van der Waals surface area (Å²) >= 11 is 0. The summed E-state index contributed by atoms with van der Waals surface area (Å²) in [6, 6.07) is 4.01. The SMILES string of the molecule is C[C@@H]1C[C@@H](C(=O)NCc2cc(-c3cnc(C(F)(F)F)nc3)ncc2F)N(S(=O)(=O)c2cccc(F)c2)[C@H]1C. The molecule has 8 nitrogen and oxygen atoms in total. The molecule has 1 saturated heterocycles. The van der Waals surface area contributed by atoms with Crippen LogP contribution in [0.3, 0.4) is 0 Å². The summed E-state index contributed by atoms with van der Waals surface area (Å²) in [7, 11) is -4.23. The maximum atomic E-state index is 14.4. The Labute approximate surface area is 215 Å². The van der Waals surface area contributed by atoms with Gasteiger partial charge in [0.2, 0.25) is 21.8 Å². The molecule has 4 rings (SSSR count). The van der Waals surface area contributed by atoms with Gasteiger partial charge >= 0.3 is 6.18 Å². The molecule has 1 amide bonds. The topological polar surface area (TPSA) is 105 Å². The Hall–Kier alpha value is -3.52. The number of hydrogen-bond donors (Lipinski definition) is 1. The second-order valence-electron chi connectivity index (χ2n) is 8.93. The van der Waals surface area contributed by atoms with Crippen LogP contribution in [0.15, 0.2) is 53.8 Å². The number of hydrogen-bond acceptors (Lipinski definition) is 6. The van der Waals surface area contributed by atoms with Gasteiger partial charge in [-0.1, -0.05) is 13.0 Å². The molecular formula is C24H22F5N5O3S. The van der Waals surface area contributed by atoms with Gasteiger partial charge in [0.1, 0.15) is 17.7 Å². The van der Waals surface area contributed by atoms with Gasteiger partial charge < -0.3 is 5.32 Å². The van der Waals surface area contributed by atoms with Crippen molar-refractivity contribution >= 4 is 15.9 Å². The Balaban J connectivity index is 1.54. The molecule has 1 aliphatic heterocycles. The molecule has 0 spiro atoms. The van der Waals surface area contributed by atoms with Crippen molar-refractivity contribution in [3.63, 3.8) is 0 Å². The van der Waals surface area contributed by atoms with E-state index in [4.69, 9.17) is 0 Å². The van der Waals surface area contributed by atoms with Gasteiger partial charge in [-0.15, -0.1) is 0 Å². The van der Waals surface area contributed by atoms with Crippen molar-refractivity contribution in [3.05, 3.63) is 71.9 Å². The van der Waals surface area contributed by atoms with Crippen molar-refractivity contribution in [2.75, 3.05) is 0 Å². The number of alkyl halides is 3. The molecule has 1 aromatic carbocycles. The van der Waals surface area contributed by atoms with Crippen LogP contribution in [0.4, 0.5) is 22.0 Å². The molecule has 0 unspecified atom stereocenters. The number of rotatable bonds is 6. The fourth-order valence-corrected chi connectivity index (χ4v) is 6.14. The summed E-state index contributed by atoms with van der Waals surface area (Å²) in [5.74, 6) is -3.75. The van der Waals surface area contributed by atoms with Crippen LogP contribution in [0.5, 0.6) is 0 Å². The van der Waals surface area contributed by atoms with Crippen LogP contribution in [0.25, 0.3) is 11.3 Å². The minimum absolute atomic E-state index is 0.0399. The Kier molecular flexibility index (Phi) is 7.48. The maximum absolute atomic E-state index is 14.4. The smallest absolute Gasteiger partial charge is 0.351 e. The summed E-state index contributed by atoms with van der Waals surface area (Å²) in [6.45, 7) is 3.08. The lowest BCUT2D eigenvalue weighted by atomic mass is 10.0. The van der Waals surface area contributed by atoms with E-state index in [1.54, 1.807) is 13.8 Å². The number of benzene rings is 1. The second-order valence-corrected chi connectivity index (χ2v) is 10.8. The van der Waals surface area contributed by atoms with E-state index in [9.17, 15) is 35.2 Å². The summed E-state index contributed by atoms with van der Waals surface area (Å²) in [6.07, 6.45) is -1.90. The third-order valence-corrected chi connectivity index (χ3v) is 8.38. The molecule has 3 heterocycles. The summed E-state index contributed by atoms with van der Waals surface area (Å²) in [5, 5.41) is 2.53. The second kappa shape index (κ2) is 10.3. The lowest BCUT2D eigenvalue weighted by molar-refractivity contribution is -0.145. The zero-order chi connectivity index (χ0) is 27.8. The van der Waals surface area contributed by atoms with Crippen LogP contribution in [-0.4, -0.2) is 45.7 Å². The minimum Gasteiger partial charge on any atom is -0.351 e. The molecule has 0 radical (unpaired) electrons. The van der Waals surface area contributed by atoms with E-state index >= 15 is 0 Å². The van der Waals surface area contributed by atoms with Crippen molar-refractivity contribution in [3.8, 4) is 11.3 Å². The fraction of sp³-hybridized carbons (Fsp3) is 0.333. The molecule has 1 fully saturated rings. The first-order chi connectivity index (χ1) is 17.8. The number of pyridine rings is 1. The molecule has 1 N–H and O–H groups in total. The summed E-state index contributed by atoms with van der Waals surface area (Å²) in [5.41, 5.74) is 0.126. The van der Waals surface area contributed by atoms with E-state index in [1.807, 2.05) is 0 Å². The first-order valence-electron chi connectivity index (χ1n) is 11.4. The van der Waals surface area contributed by atoms with Crippen LogP contribution in [0.2, 0.25) is 0 Å². The van der Waals surface area contributed by atoms with Crippen molar-refractivity contribution in [1.82, 2.24) is 24.6 Å². The number of halogens is 5. The number of amides is 1. The standard InChI is InChI=1S/C24H22F5N5O3S/c1-13-6-21(34(14(13)2)38(36,37)18-5-3-4-17(25)8-18)22(35)31-9-15-7-20(30-12-19(15)26)16-10-32-23(33-11-16)24(27,28)29/h3-5,7-8,10-14,21H,6,9H2,1-2H3,(H,31,35)/t13-,14+,21+/m1/s1. The highest BCUT2D eigenvalue weighted by Gasteiger charge is 2.47.